The molecule has 0 bridgehead atoms. The zero-order valence-corrected chi connectivity index (χ0v) is 17.8. The molecule has 0 amide bonds. The van der Waals surface area contributed by atoms with Crippen molar-refractivity contribution in [2.45, 2.75) is 76.9 Å². The second-order valence-corrected chi connectivity index (χ2v) is 9.11. The van der Waals surface area contributed by atoms with Crippen LogP contribution in [0, 0.1) is 17.3 Å². The molecule has 0 saturated heterocycles. The van der Waals surface area contributed by atoms with Crippen LogP contribution in [-0.2, 0) is 11.2 Å². The Balaban J connectivity index is 1.58. The fourth-order valence-corrected chi connectivity index (χ4v) is 5.22. The number of aromatic carboxylic acids is 1. The molecule has 2 fully saturated rings. The summed E-state index contributed by atoms with van der Waals surface area (Å²) in [6.45, 7) is 2.16. The molecule has 3 N–H and O–H groups in total. The van der Waals surface area contributed by atoms with E-state index in [0.717, 1.165) is 31.2 Å². The molecule has 4 atom stereocenters. The summed E-state index contributed by atoms with van der Waals surface area (Å²) in [6, 6.07) is 6.72. The Morgan fingerprint density at radius 2 is 1.97 bits per heavy atom. The Morgan fingerprint density at radius 1 is 1.27 bits per heavy atom. The van der Waals surface area contributed by atoms with Crippen LogP contribution in [0.1, 0.15) is 74.2 Å². The Morgan fingerprint density at radius 3 is 2.53 bits per heavy atom. The lowest BCUT2D eigenvalue weighted by molar-refractivity contribution is -0.121. The lowest BCUT2D eigenvalue weighted by Gasteiger charge is -2.45. The van der Waals surface area contributed by atoms with Gasteiger partial charge in [-0.3, -0.25) is 4.79 Å². The summed E-state index contributed by atoms with van der Waals surface area (Å²) >= 11 is 0. The van der Waals surface area contributed by atoms with Crippen molar-refractivity contribution >= 4 is 11.8 Å². The highest BCUT2D eigenvalue weighted by Gasteiger charge is 2.42. The highest BCUT2D eigenvalue weighted by Crippen LogP contribution is 2.48. The maximum absolute atomic E-state index is 12.4. The molecule has 0 unspecified atom stereocenters. The molecule has 2 saturated carbocycles. The molecule has 0 heterocycles. The van der Waals surface area contributed by atoms with Crippen molar-refractivity contribution < 1.29 is 24.9 Å². The van der Waals surface area contributed by atoms with E-state index in [1.807, 2.05) is 12.2 Å². The number of ketones is 1. The highest BCUT2D eigenvalue weighted by atomic mass is 16.4. The van der Waals surface area contributed by atoms with Gasteiger partial charge in [0, 0.05) is 18.3 Å². The third-order valence-corrected chi connectivity index (χ3v) is 7.20. The smallest absolute Gasteiger partial charge is 0.335 e. The Hall–Kier alpha value is -1.98. The predicted octanol–water partition coefficient (Wildman–Crippen LogP) is 4.16. The molecule has 0 spiro atoms. The van der Waals surface area contributed by atoms with Crippen molar-refractivity contribution in [3.05, 3.63) is 47.5 Å². The lowest BCUT2D eigenvalue weighted by Crippen LogP contribution is -2.41. The number of aliphatic hydroxyl groups is 2. The van der Waals surface area contributed by atoms with Crippen molar-refractivity contribution in [2.24, 2.45) is 17.3 Å². The molecular weight excluding hydrogens is 380 g/mol. The van der Waals surface area contributed by atoms with Gasteiger partial charge in [-0.15, -0.1) is 0 Å². The number of carboxylic acids is 1. The number of benzene rings is 1. The number of carbonyl (C=O) groups is 2. The van der Waals surface area contributed by atoms with E-state index in [4.69, 9.17) is 5.11 Å². The van der Waals surface area contributed by atoms with E-state index in [-0.39, 0.29) is 41.1 Å². The third-order valence-electron chi connectivity index (χ3n) is 7.20. The second-order valence-electron chi connectivity index (χ2n) is 9.11. The van der Waals surface area contributed by atoms with Gasteiger partial charge in [0.15, 0.2) is 0 Å². The number of aryl methyl sites for hydroxylation is 1. The second kappa shape index (κ2) is 9.88. The van der Waals surface area contributed by atoms with Crippen LogP contribution in [0.15, 0.2) is 36.4 Å². The maximum Gasteiger partial charge on any atom is 0.335 e. The summed E-state index contributed by atoms with van der Waals surface area (Å²) in [6.07, 6.45) is 10.4. The van der Waals surface area contributed by atoms with Gasteiger partial charge in [0.2, 0.25) is 0 Å². The molecule has 0 aromatic heterocycles. The fraction of sp³-hybridized carbons (Fsp3) is 0.600. The quantitative estimate of drug-likeness (QED) is 0.500. The Bertz CT molecular complexity index is 762. The van der Waals surface area contributed by atoms with Gasteiger partial charge in [0.1, 0.15) is 5.78 Å². The number of rotatable bonds is 10. The van der Waals surface area contributed by atoms with Crippen LogP contribution in [0.3, 0.4) is 0 Å². The molecule has 3 rings (SSSR count). The molecule has 30 heavy (non-hydrogen) atoms. The fourth-order valence-electron chi connectivity index (χ4n) is 5.22. The van der Waals surface area contributed by atoms with Crippen LogP contribution in [0.2, 0.25) is 0 Å². The average Bonchev–Trinajstić information content (AvgIpc) is 2.95. The van der Waals surface area contributed by atoms with E-state index in [1.54, 1.807) is 24.3 Å². The van der Waals surface area contributed by atoms with Gasteiger partial charge in [-0.2, -0.15) is 0 Å². The topological polar surface area (TPSA) is 94.8 Å². The molecule has 0 radical (unpaired) electrons. The zero-order valence-electron chi connectivity index (χ0n) is 17.8. The summed E-state index contributed by atoms with van der Waals surface area (Å²) in [5.41, 5.74) is 1.29. The van der Waals surface area contributed by atoms with Gasteiger partial charge in [-0.1, -0.05) is 44.1 Å². The number of carbonyl (C=O) groups excluding carboxylic acids is 1. The molecule has 2 aliphatic carbocycles. The SMILES string of the molecule is CCCC1([C@@H](O)C/C=C/[C@H]2[C@H](O)CC(=O)[C@@H]2CCc2ccc(C(=O)O)cc2)CCC1. The standard InChI is InChI=1S/C25H34O5/c1-2-13-25(14-4-15-25)23(28)6-3-5-19-20(22(27)16-21(19)26)12-9-17-7-10-18(11-8-17)24(29)30/h3,5,7-8,10-11,19-21,23,26,28H,2,4,6,9,12-16H2,1H3,(H,29,30)/b5-3+/t19-,20-,21-,23+/m1/s1. The van der Waals surface area contributed by atoms with Crippen molar-refractivity contribution in [3.63, 3.8) is 0 Å². The van der Waals surface area contributed by atoms with Gasteiger partial charge in [0.05, 0.1) is 17.8 Å². The van der Waals surface area contributed by atoms with Gasteiger partial charge < -0.3 is 15.3 Å². The van der Waals surface area contributed by atoms with Crippen LogP contribution in [0.5, 0.6) is 0 Å². The van der Waals surface area contributed by atoms with E-state index >= 15 is 0 Å². The molecule has 5 heteroatoms. The molecule has 164 valence electrons. The van der Waals surface area contributed by atoms with E-state index in [1.165, 1.54) is 6.42 Å². The minimum atomic E-state index is -0.953. The number of aliphatic hydroxyl groups excluding tert-OH is 2. The molecular formula is C25H34O5. The summed E-state index contributed by atoms with van der Waals surface area (Å²) < 4.78 is 0. The van der Waals surface area contributed by atoms with Gasteiger partial charge >= 0.3 is 5.97 Å². The van der Waals surface area contributed by atoms with E-state index in [2.05, 4.69) is 6.92 Å². The van der Waals surface area contributed by atoms with Crippen LogP contribution >= 0.6 is 0 Å². The van der Waals surface area contributed by atoms with Crippen molar-refractivity contribution in [3.8, 4) is 0 Å². The van der Waals surface area contributed by atoms with Crippen molar-refractivity contribution in [2.75, 3.05) is 0 Å². The lowest BCUT2D eigenvalue weighted by atomic mass is 9.62. The van der Waals surface area contributed by atoms with Crippen LogP contribution in [-0.4, -0.2) is 39.3 Å². The van der Waals surface area contributed by atoms with E-state index in [9.17, 15) is 19.8 Å². The number of hydrogen-bond acceptors (Lipinski definition) is 4. The Labute approximate surface area is 178 Å². The number of carboxylic acid groups (broad SMARTS) is 1. The molecule has 1 aromatic rings. The number of Topliss-reactive ketones (excluding diaryl/α,β-unsaturated/α-hetero) is 1. The van der Waals surface area contributed by atoms with Gasteiger partial charge in [0.25, 0.3) is 0 Å². The zero-order chi connectivity index (χ0) is 21.7. The first-order valence-electron chi connectivity index (χ1n) is 11.2. The molecule has 2 aliphatic rings. The third kappa shape index (κ3) is 5.01. The minimum absolute atomic E-state index is 0.0602. The molecule has 0 aliphatic heterocycles. The first kappa shape index (κ1) is 22.7. The van der Waals surface area contributed by atoms with Crippen LogP contribution in [0.25, 0.3) is 0 Å². The summed E-state index contributed by atoms with van der Waals surface area (Å²) in [7, 11) is 0. The first-order chi connectivity index (χ1) is 14.4. The largest absolute Gasteiger partial charge is 0.478 e. The van der Waals surface area contributed by atoms with Crippen LogP contribution in [0.4, 0.5) is 0 Å². The van der Waals surface area contributed by atoms with Gasteiger partial charge in [-0.25, -0.2) is 4.79 Å². The highest BCUT2D eigenvalue weighted by molar-refractivity contribution is 5.87. The van der Waals surface area contributed by atoms with E-state index < -0.39 is 12.1 Å². The van der Waals surface area contributed by atoms with Gasteiger partial charge in [-0.05, 0) is 61.6 Å². The Kier molecular flexibility index (Phi) is 7.48. The van der Waals surface area contributed by atoms with Crippen LogP contribution < -0.4 is 0 Å². The van der Waals surface area contributed by atoms with Crippen molar-refractivity contribution in [1.82, 2.24) is 0 Å². The van der Waals surface area contributed by atoms with E-state index in [0.29, 0.717) is 19.3 Å². The van der Waals surface area contributed by atoms with Crippen molar-refractivity contribution in [1.29, 1.82) is 0 Å². The summed E-state index contributed by atoms with van der Waals surface area (Å²) in [4.78, 5) is 23.4. The minimum Gasteiger partial charge on any atom is -0.478 e. The average molecular weight is 415 g/mol. The molecule has 1 aromatic carbocycles. The maximum atomic E-state index is 12.4. The summed E-state index contributed by atoms with van der Waals surface area (Å²) in [5.74, 6) is -1.32. The number of hydrogen-bond donors (Lipinski definition) is 3. The summed E-state index contributed by atoms with van der Waals surface area (Å²) in [5, 5.41) is 30.1. The monoisotopic (exact) mass is 414 g/mol. The predicted molar refractivity (Wildman–Crippen MR) is 115 cm³/mol. The molecule has 5 nitrogen and oxygen atoms in total. The first-order valence-corrected chi connectivity index (χ1v) is 11.2. The normalized spacial score (nSPS) is 26.6.